The van der Waals surface area contributed by atoms with Crippen molar-refractivity contribution in [3.8, 4) is 5.75 Å². The van der Waals surface area contributed by atoms with Gasteiger partial charge in [-0.15, -0.1) is 0 Å². The number of anilines is 1. The van der Waals surface area contributed by atoms with Gasteiger partial charge in [-0.3, -0.25) is 20.2 Å². The maximum Gasteiger partial charge on any atom is 0.372 e. The van der Waals surface area contributed by atoms with Crippen LogP contribution in [0, 0.1) is 27.2 Å². The number of nitro groups is 2. The Labute approximate surface area is 83.2 Å². The number of rotatable bonds is 2. The average molecular weight is 213 g/mol. The van der Waals surface area contributed by atoms with E-state index in [0.29, 0.717) is 0 Å². The van der Waals surface area contributed by atoms with E-state index in [4.69, 9.17) is 5.73 Å². The van der Waals surface area contributed by atoms with Crippen LogP contribution in [0.1, 0.15) is 5.56 Å². The van der Waals surface area contributed by atoms with E-state index in [1.54, 1.807) is 0 Å². The fraction of sp³-hybridized carbons (Fsp3) is 0.143. The fourth-order valence-electron chi connectivity index (χ4n) is 1.20. The number of nitrogens with two attached hydrogens (primary N) is 1. The number of nitro benzene ring substituents is 2. The molecule has 8 nitrogen and oxygen atoms in total. The van der Waals surface area contributed by atoms with Crippen molar-refractivity contribution in [2.45, 2.75) is 6.92 Å². The van der Waals surface area contributed by atoms with Gasteiger partial charge in [0.05, 0.1) is 9.85 Å². The Morgan fingerprint density at radius 2 is 1.73 bits per heavy atom. The first-order chi connectivity index (χ1) is 6.86. The van der Waals surface area contributed by atoms with Crippen LogP contribution in [0.25, 0.3) is 0 Å². The summed E-state index contributed by atoms with van der Waals surface area (Å²) in [4.78, 5) is 19.3. The smallest absolute Gasteiger partial charge is 0.372 e. The average Bonchev–Trinajstić information content (AvgIpc) is 2.09. The molecule has 0 heterocycles. The molecule has 0 bridgehead atoms. The normalized spacial score (nSPS) is 9.93. The molecular weight excluding hydrogens is 206 g/mol. The Kier molecular flexibility index (Phi) is 2.43. The molecule has 80 valence electrons. The largest absolute Gasteiger partial charge is 0.505 e. The van der Waals surface area contributed by atoms with Gasteiger partial charge in [-0.05, 0) is 13.0 Å². The first kappa shape index (κ1) is 10.7. The van der Waals surface area contributed by atoms with Gasteiger partial charge in [0.2, 0.25) is 0 Å². The zero-order valence-corrected chi connectivity index (χ0v) is 7.63. The highest BCUT2D eigenvalue weighted by Crippen LogP contribution is 2.41. The highest BCUT2D eigenvalue weighted by atomic mass is 16.6. The van der Waals surface area contributed by atoms with Gasteiger partial charge in [0.15, 0.2) is 5.69 Å². The van der Waals surface area contributed by atoms with E-state index in [-0.39, 0.29) is 5.56 Å². The topological polar surface area (TPSA) is 133 Å². The molecule has 0 aliphatic heterocycles. The quantitative estimate of drug-likeness (QED) is 0.327. The Balaban J connectivity index is 3.69. The predicted molar refractivity (Wildman–Crippen MR) is 50.6 cm³/mol. The Morgan fingerprint density at radius 1 is 1.27 bits per heavy atom. The van der Waals surface area contributed by atoms with Crippen molar-refractivity contribution >= 4 is 17.1 Å². The van der Waals surface area contributed by atoms with Crippen LogP contribution in [0.2, 0.25) is 0 Å². The van der Waals surface area contributed by atoms with Crippen molar-refractivity contribution in [2.75, 3.05) is 5.73 Å². The molecule has 1 aromatic carbocycles. The number of aryl methyl sites for hydroxylation is 1. The summed E-state index contributed by atoms with van der Waals surface area (Å²) in [5, 5.41) is 30.3. The number of benzene rings is 1. The van der Waals surface area contributed by atoms with Crippen LogP contribution in [0.15, 0.2) is 6.07 Å². The summed E-state index contributed by atoms with van der Waals surface area (Å²) in [5.74, 6) is -0.537. The van der Waals surface area contributed by atoms with Gasteiger partial charge in [0.1, 0.15) is 5.75 Å². The van der Waals surface area contributed by atoms with Crippen LogP contribution in [-0.4, -0.2) is 15.0 Å². The Morgan fingerprint density at radius 3 is 2.13 bits per heavy atom. The molecule has 0 atom stereocenters. The number of phenolic OH excluding ortho intramolecular Hbond substituents is 1. The maximum atomic E-state index is 10.6. The molecule has 0 amide bonds. The van der Waals surface area contributed by atoms with Gasteiger partial charge >= 0.3 is 11.4 Å². The van der Waals surface area contributed by atoms with Crippen LogP contribution in [-0.2, 0) is 0 Å². The minimum Gasteiger partial charge on any atom is -0.505 e. The molecule has 0 saturated carbocycles. The van der Waals surface area contributed by atoms with E-state index in [9.17, 15) is 25.3 Å². The van der Waals surface area contributed by atoms with Crippen LogP contribution in [0.5, 0.6) is 5.75 Å². The Hall–Kier alpha value is -2.38. The van der Waals surface area contributed by atoms with E-state index in [1.807, 2.05) is 0 Å². The lowest BCUT2D eigenvalue weighted by atomic mass is 10.1. The van der Waals surface area contributed by atoms with Crippen molar-refractivity contribution in [1.29, 1.82) is 0 Å². The SMILES string of the molecule is Cc1cc(O)c(N)c([N+](=O)[O-])c1[N+](=O)[O-]. The second-order valence-electron chi connectivity index (χ2n) is 2.84. The summed E-state index contributed by atoms with van der Waals surface area (Å²) in [6.45, 7) is 1.28. The van der Waals surface area contributed by atoms with E-state index < -0.39 is 32.7 Å². The molecule has 0 spiro atoms. The third-order valence-electron chi connectivity index (χ3n) is 1.85. The summed E-state index contributed by atoms with van der Waals surface area (Å²) >= 11 is 0. The van der Waals surface area contributed by atoms with Gasteiger partial charge < -0.3 is 10.8 Å². The number of hydrogen-bond acceptors (Lipinski definition) is 6. The lowest BCUT2D eigenvalue weighted by Crippen LogP contribution is -2.03. The van der Waals surface area contributed by atoms with Crippen molar-refractivity contribution in [3.63, 3.8) is 0 Å². The second kappa shape index (κ2) is 3.40. The molecule has 15 heavy (non-hydrogen) atoms. The monoisotopic (exact) mass is 213 g/mol. The van der Waals surface area contributed by atoms with E-state index in [0.717, 1.165) is 6.07 Å². The zero-order chi connectivity index (χ0) is 11.7. The summed E-state index contributed by atoms with van der Waals surface area (Å²) in [6, 6.07) is 1.01. The first-order valence-corrected chi connectivity index (χ1v) is 3.77. The van der Waals surface area contributed by atoms with E-state index >= 15 is 0 Å². The van der Waals surface area contributed by atoms with Crippen LogP contribution in [0.4, 0.5) is 17.1 Å². The molecule has 0 aromatic heterocycles. The van der Waals surface area contributed by atoms with Crippen LogP contribution < -0.4 is 5.73 Å². The van der Waals surface area contributed by atoms with Gasteiger partial charge in [-0.25, -0.2) is 0 Å². The van der Waals surface area contributed by atoms with Crippen molar-refractivity contribution in [1.82, 2.24) is 0 Å². The predicted octanol–water partition coefficient (Wildman–Crippen LogP) is 1.10. The lowest BCUT2D eigenvalue weighted by molar-refractivity contribution is -0.422. The number of nitrogen functional groups attached to an aromatic ring is 1. The third kappa shape index (κ3) is 1.64. The molecular formula is C7H7N3O5. The first-order valence-electron chi connectivity index (χ1n) is 3.77. The summed E-state index contributed by atoms with van der Waals surface area (Å²) in [5.41, 5.74) is 3.00. The molecule has 1 aromatic rings. The molecule has 0 aliphatic rings. The fourth-order valence-corrected chi connectivity index (χ4v) is 1.20. The molecule has 3 N–H and O–H groups in total. The van der Waals surface area contributed by atoms with E-state index in [1.165, 1.54) is 6.92 Å². The maximum absolute atomic E-state index is 10.6. The summed E-state index contributed by atoms with van der Waals surface area (Å²) < 4.78 is 0. The number of hydrogen-bond donors (Lipinski definition) is 2. The second-order valence-corrected chi connectivity index (χ2v) is 2.84. The van der Waals surface area contributed by atoms with Gasteiger partial charge in [0, 0.05) is 5.56 Å². The van der Waals surface area contributed by atoms with Crippen molar-refractivity contribution in [3.05, 3.63) is 31.9 Å². The summed E-state index contributed by atoms with van der Waals surface area (Å²) in [6.07, 6.45) is 0. The highest BCUT2D eigenvalue weighted by molar-refractivity contribution is 5.77. The lowest BCUT2D eigenvalue weighted by Gasteiger charge is -2.03. The van der Waals surface area contributed by atoms with Gasteiger partial charge in [0.25, 0.3) is 0 Å². The molecule has 0 fully saturated rings. The third-order valence-corrected chi connectivity index (χ3v) is 1.85. The van der Waals surface area contributed by atoms with Gasteiger partial charge in [-0.1, -0.05) is 0 Å². The molecule has 0 radical (unpaired) electrons. The zero-order valence-electron chi connectivity index (χ0n) is 7.63. The van der Waals surface area contributed by atoms with Gasteiger partial charge in [-0.2, -0.15) is 0 Å². The minimum atomic E-state index is -0.986. The Bertz CT molecular complexity index is 456. The molecule has 0 saturated heterocycles. The minimum absolute atomic E-state index is 0.0154. The standard InChI is InChI=1S/C7H7N3O5/c1-3-2-4(11)5(8)7(10(14)15)6(3)9(12)13/h2,11H,8H2,1H3. The van der Waals surface area contributed by atoms with Crippen LogP contribution in [0.3, 0.4) is 0 Å². The molecule has 0 unspecified atom stereocenters. The summed E-state index contributed by atoms with van der Waals surface area (Å²) in [7, 11) is 0. The van der Waals surface area contributed by atoms with E-state index in [2.05, 4.69) is 0 Å². The molecule has 0 aliphatic carbocycles. The highest BCUT2D eigenvalue weighted by Gasteiger charge is 2.32. The molecule has 1 rings (SSSR count). The number of nitrogens with zero attached hydrogens (tertiary/aromatic N) is 2. The molecule has 8 heteroatoms. The number of phenols is 1. The number of aromatic hydroxyl groups is 1. The van der Waals surface area contributed by atoms with Crippen LogP contribution >= 0.6 is 0 Å². The van der Waals surface area contributed by atoms with Crippen molar-refractivity contribution < 1.29 is 15.0 Å². The van der Waals surface area contributed by atoms with Crippen molar-refractivity contribution in [2.24, 2.45) is 0 Å².